The predicted molar refractivity (Wildman–Crippen MR) is 155 cm³/mol. The third-order valence-electron chi connectivity index (χ3n) is 8.89. The van der Waals surface area contributed by atoms with Crippen LogP contribution in [0, 0.1) is 21.3 Å². The van der Waals surface area contributed by atoms with E-state index >= 15 is 0 Å². The monoisotopic (exact) mass is 694 g/mol. The number of phenolic OH excluding ortho intramolecular Hbond substituents is 1. The molecule has 40 heavy (non-hydrogen) atoms. The molecule has 1 N–H and O–H groups in total. The molecule has 1 saturated carbocycles. The third kappa shape index (κ3) is 3.56. The highest BCUT2D eigenvalue weighted by Gasteiger charge is 2.75. The molecule has 208 valence electrons. The minimum Gasteiger partial charge on any atom is -0.504 e. The van der Waals surface area contributed by atoms with Crippen LogP contribution in [-0.2, 0) is 25.7 Å². The Morgan fingerprint density at radius 3 is 2.42 bits per heavy atom. The highest BCUT2D eigenvalue weighted by atomic mass is 127. The first kappa shape index (κ1) is 27.5. The van der Waals surface area contributed by atoms with E-state index in [9.17, 15) is 24.3 Å². The average Bonchev–Trinajstić information content (AvgIpc) is 3.25. The summed E-state index contributed by atoms with van der Waals surface area (Å²) in [7, 11) is 2.76. The fraction of sp³-hybridized carbons (Fsp3) is 0.379. The van der Waals surface area contributed by atoms with E-state index in [0.29, 0.717) is 14.7 Å². The number of aromatic hydroxyl groups is 1. The number of alkyl halides is 2. The number of benzene rings is 2. The molecule has 4 aliphatic rings. The van der Waals surface area contributed by atoms with Crippen molar-refractivity contribution in [2.75, 3.05) is 14.2 Å². The number of hydrogen-bond donors (Lipinski definition) is 1. The molecule has 0 radical (unpaired) electrons. The standard InChI is InChI=1S/C29H25Cl2IN2O6/c1-33-26(38)28(30)12-18-16(22(29(28,31)27(33)39)15-10-19(32)23(35)20(11-15)40-2)8-9-17-21(18)25(37)34(24(17)36)13-14-6-4-3-5-7-14/h3-8,10-11,17-18,21-22,35H,9,12-13H2,1-2H3. The molecule has 2 aliphatic carbocycles. The van der Waals surface area contributed by atoms with Gasteiger partial charge in [-0.2, -0.15) is 0 Å². The summed E-state index contributed by atoms with van der Waals surface area (Å²) in [6.07, 6.45) is 2.10. The number of rotatable bonds is 4. The van der Waals surface area contributed by atoms with Crippen molar-refractivity contribution in [3.63, 3.8) is 0 Å². The lowest BCUT2D eigenvalue weighted by molar-refractivity contribution is -0.141. The van der Waals surface area contributed by atoms with Gasteiger partial charge in [-0.1, -0.05) is 42.0 Å². The lowest BCUT2D eigenvalue weighted by atomic mass is 9.56. The van der Waals surface area contributed by atoms with E-state index in [0.717, 1.165) is 10.5 Å². The van der Waals surface area contributed by atoms with Crippen molar-refractivity contribution in [3.05, 3.63) is 68.8 Å². The van der Waals surface area contributed by atoms with Crippen LogP contribution in [0.1, 0.15) is 29.9 Å². The molecule has 3 fully saturated rings. The van der Waals surface area contributed by atoms with Crippen LogP contribution < -0.4 is 4.74 Å². The van der Waals surface area contributed by atoms with E-state index in [1.54, 1.807) is 12.1 Å². The van der Waals surface area contributed by atoms with Gasteiger partial charge < -0.3 is 9.84 Å². The lowest BCUT2D eigenvalue weighted by Gasteiger charge is -2.50. The molecular weight excluding hydrogens is 670 g/mol. The number of likely N-dealkylation sites (tertiary alicyclic amines) is 2. The van der Waals surface area contributed by atoms with Gasteiger partial charge in [0.15, 0.2) is 21.2 Å². The molecular formula is C29H25Cl2IN2O6. The van der Waals surface area contributed by atoms with Gasteiger partial charge in [-0.05, 0) is 64.6 Å². The summed E-state index contributed by atoms with van der Waals surface area (Å²) in [5.74, 6) is -4.63. The van der Waals surface area contributed by atoms with Gasteiger partial charge in [0, 0.05) is 13.0 Å². The van der Waals surface area contributed by atoms with E-state index in [2.05, 4.69) is 0 Å². The molecule has 6 atom stereocenters. The molecule has 2 aromatic rings. The molecule has 0 aromatic heterocycles. The van der Waals surface area contributed by atoms with Gasteiger partial charge >= 0.3 is 0 Å². The molecule has 6 unspecified atom stereocenters. The van der Waals surface area contributed by atoms with Crippen LogP contribution in [-0.4, -0.2) is 62.4 Å². The van der Waals surface area contributed by atoms with Crippen LogP contribution in [0.2, 0.25) is 0 Å². The van der Waals surface area contributed by atoms with E-state index in [1.165, 1.54) is 19.1 Å². The number of hydrogen-bond acceptors (Lipinski definition) is 6. The molecule has 4 amide bonds. The van der Waals surface area contributed by atoms with Crippen molar-refractivity contribution >= 4 is 69.4 Å². The maximum Gasteiger partial charge on any atom is 0.253 e. The number of halogens is 3. The zero-order chi connectivity index (χ0) is 28.7. The normalized spacial score (nSPS) is 33.1. The van der Waals surface area contributed by atoms with Gasteiger partial charge in [-0.15, -0.1) is 23.2 Å². The highest BCUT2D eigenvalue weighted by Crippen LogP contribution is 2.65. The summed E-state index contributed by atoms with van der Waals surface area (Å²) < 4.78 is 5.84. The Hall–Kier alpha value is -2.63. The second kappa shape index (κ2) is 9.46. The van der Waals surface area contributed by atoms with Crippen molar-refractivity contribution in [3.8, 4) is 11.5 Å². The number of carbonyl (C=O) groups excluding carboxylic acids is 4. The van der Waals surface area contributed by atoms with Crippen LogP contribution >= 0.6 is 45.8 Å². The zero-order valence-electron chi connectivity index (χ0n) is 21.6. The topological polar surface area (TPSA) is 104 Å². The number of phenols is 1. The minimum atomic E-state index is -1.89. The van der Waals surface area contributed by atoms with Crippen LogP contribution in [0.15, 0.2) is 54.1 Å². The summed E-state index contributed by atoms with van der Waals surface area (Å²) in [5, 5.41) is 10.5. The molecule has 8 nitrogen and oxygen atoms in total. The second-order valence-electron chi connectivity index (χ2n) is 10.8. The minimum absolute atomic E-state index is 0.0685. The van der Waals surface area contributed by atoms with Gasteiger partial charge in [-0.25, -0.2) is 0 Å². The fourth-order valence-corrected chi connectivity index (χ4v) is 8.67. The molecule has 2 saturated heterocycles. The Morgan fingerprint density at radius 2 is 1.75 bits per heavy atom. The van der Waals surface area contributed by atoms with E-state index in [1.807, 2.05) is 59.0 Å². The van der Waals surface area contributed by atoms with Crippen LogP contribution in [0.4, 0.5) is 0 Å². The van der Waals surface area contributed by atoms with Gasteiger partial charge in [0.2, 0.25) is 11.8 Å². The van der Waals surface area contributed by atoms with Crippen LogP contribution in [0.3, 0.4) is 0 Å². The van der Waals surface area contributed by atoms with Crippen molar-refractivity contribution in [1.82, 2.24) is 9.80 Å². The smallest absolute Gasteiger partial charge is 0.253 e. The fourth-order valence-electron chi connectivity index (χ4n) is 7.02. The largest absolute Gasteiger partial charge is 0.504 e. The average molecular weight is 695 g/mol. The van der Waals surface area contributed by atoms with Gasteiger partial charge in [-0.3, -0.25) is 29.0 Å². The third-order valence-corrected chi connectivity index (χ3v) is 11.1. The number of amides is 4. The van der Waals surface area contributed by atoms with Crippen molar-refractivity contribution in [1.29, 1.82) is 0 Å². The van der Waals surface area contributed by atoms with E-state index in [4.69, 9.17) is 27.9 Å². The summed E-state index contributed by atoms with van der Waals surface area (Å²) in [6, 6.07) is 12.5. The van der Waals surface area contributed by atoms with Crippen molar-refractivity contribution in [2.24, 2.45) is 17.8 Å². The van der Waals surface area contributed by atoms with Crippen LogP contribution in [0.5, 0.6) is 11.5 Å². The molecule has 11 heteroatoms. The number of imide groups is 2. The number of allylic oxidation sites excluding steroid dienone is 2. The highest BCUT2D eigenvalue weighted by molar-refractivity contribution is 14.1. The van der Waals surface area contributed by atoms with E-state index in [-0.39, 0.29) is 42.7 Å². The Kier molecular flexibility index (Phi) is 6.51. The second-order valence-corrected chi connectivity index (χ2v) is 13.2. The quantitative estimate of drug-likeness (QED) is 0.223. The maximum absolute atomic E-state index is 13.9. The Bertz CT molecular complexity index is 1520. The maximum atomic E-state index is 13.9. The van der Waals surface area contributed by atoms with Gasteiger partial charge in [0.1, 0.15) is 0 Å². The Labute approximate surface area is 254 Å². The SMILES string of the molecule is COc1cc(C2C3=CCC4C(=O)N(Cc5ccccc5)C(=O)C4C3CC3(Cl)C(=O)N(C)C(=O)C23Cl)cc(I)c1O. The van der Waals surface area contributed by atoms with Gasteiger partial charge in [0.25, 0.3) is 11.8 Å². The number of fused-ring (bicyclic) bond motifs is 4. The molecule has 2 heterocycles. The lowest BCUT2D eigenvalue weighted by Crippen LogP contribution is -2.60. The molecule has 2 aromatic carbocycles. The van der Waals surface area contributed by atoms with E-state index < -0.39 is 45.2 Å². The number of ether oxygens (including phenoxy) is 1. The van der Waals surface area contributed by atoms with Crippen molar-refractivity contribution in [2.45, 2.75) is 35.1 Å². The first-order chi connectivity index (χ1) is 19.0. The molecule has 0 spiro atoms. The number of methoxy groups -OCH3 is 1. The van der Waals surface area contributed by atoms with Gasteiger partial charge in [0.05, 0.1) is 29.1 Å². The summed E-state index contributed by atoms with van der Waals surface area (Å²) in [6.45, 7) is 0.149. The summed E-state index contributed by atoms with van der Waals surface area (Å²) in [4.78, 5) is 53.2. The summed E-state index contributed by atoms with van der Waals surface area (Å²) in [5.41, 5.74) is 2.04. The van der Waals surface area contributed by atoms with Crippen LogP contribution in [0.25, 0.3) is 0 Å². The number of carbonyl (C=O) groups is 4. The zero-order valence-corrected chi connectivity index (χ0v) is 25.2. The predicted octanol–water partition coefficient (Wildman–Crippen LogP) is 4.19. The number of nitrogens with zero attached hydrogens (tertiary/aromatic N) is 2. The Balaban J connectivity index is 1.50. The molecule has 6 rings (SSSR count). The van der Waals surface area contributed by atoms with Crippen molar-refractivity contribution < 1.29 is 29.0 Å². The first-order valence-electron chi connectivity index (χ1n) is 12.8. The summed E-state index contributed by atoms with van der Waals surface area (Å²) >= 11 is 16.3. The first-order valence-corrected chi connectivity index (χ1v) is 14.6. The molecule has 2 aliphatic heterocycles. The Morgan fingerprint density at radius 1 is 1.05 bits per heavy atom. The molecule has 0 bridgehead atoms.